The van der Waals surface area contributed by atoms with Crippen LogP contribution in [-0.2, 0) is 11.2 Å². The van der Waals surface area contributed by atoms with E-state index in [1.54, 1.807) is 36.5 Å². The highest BCUT2D eigenvalue weighted by Gasteiger charge is 2.20. The number of thiazole rings is 1. The van der Waals surface area contributed by atoms with Gasteiger partial charge in [0.25, 0.3) is 0 Å². The maximum atomic E-state index is 12.5. The van der Waals surface area contributed by atoms with Gasteiger partial charge >= 0.3 is 5.76 Å². The number of fused-ring (bicyclic) bond motifs is 1. The Kier molecular flexibility index (Phi) is 5.31. The maximum absolute atomic E-state index is 12.5. The molecule has 148 valence electrons. The van der Waals surface area contributed by atoms with E-state index in [1.807, 2.05) is 42.6 Å². The van der Waals surface area contributed by atoms with Gasteiger partial charge in [-0.3, -0.25) is 9.36 Å². The summed E-state index contributed by atoms with van der Waals surface area (Å²) in [5, 5.41) is 6.01. The normalized spacial score (nSPS) is 12.2. The Balaban J connectivity index is 1.37. The van der Waals surface area contributed by atoms with Crippen molar-refractivity contribution >= 4 is 28.3 Å². The molecule has 29 heavy (non-hydrogen) atoms. The van der Waals surface area contributed by atoms with E-state index >= 15 is 0 Å². The van der Waals surface area contributed by atoms with Crippen LogP contribution >= 0.6 is 11.3 Å². The van der Waals surface area contributed by atoms with E-state index < -0.39 is 11.8 Å². The Morgan fingerprint density at radius 1 is 1.21 bits per heavy atom. The van der Waals surface area contributed by atoms with E-state index in [4.69, 9.17) is 4.42 Å². The van der Waals surface area contributed by atoms with Crippen LogP contribution < -0.4 is 11.1 Å². The lowest BCUT2D eigenvalue weighted by Gasteiger charge is -2.13. The number of hydrogen-bond acceptors (Lipinski definition) is 5. The third-order valence-electron chi connectivity index (χ3n) is 4.87. The molecule has 2 heterocycles. The fraction of sp³-hybridized carbons (Fsp3) is 0.227. The molecule has 0 radical (unpaired) electrons. The van der Waals surface area contributed by atoms with E-state index in [1.165, 1.54) is 4.57 Å². The summed E-state index contributed by atoms with van der Waals surface area (Å²) in [6, 6.07) is 14.6. The summed E-state index contributed by atoms with van der Waals surface area (Å²) in [6.45, 7) is 4.18. The average Bonchev–Trinajstić information content (AvgIpc) is 3.30. The summed E-state index contributed by atoms with van der Waals surface area (Å²) >= 11 is 1.63. The van der Waals surface area contributed by atoms with Crippen LogP contribution in [0.5, 0.6) is 0 Å². The molecule has 6 nitrogen and oxygen atoms in total. The topological polar surface area (TPSA) is 77.1 Å². The van der Waals surface area contributed by atoms with Gasteiger partial charge in [0.2, 0.25) is 5.91 Å². The molecular formula is C22H21N3O3S. The molecule has 0 aliphatic carbocycles. The first-order chi connectivity index (χ1) is 14.0. The molecule has 1 N–H and O–H groups in total. The second-order valence-corrected chi connectivity index (χ2v) is 7.93. The fourth-order valence-corrected chi connectivity index (χ4v) is 3.91. The molecule has 0 spiro atoms. The molecule has 1 atom stereocenters. The summed E-state index contributed by atoms with van der Waals surface area (Å²) in [6.07, 6.45) is 0.704. The first-order valence-electron chi connectivity index (χ1n) is 9.42. The van der Waals surface area contributed by atoms with Crippen molar-refractivity contribution < 1.29 is 9.21 Å². The zero-order valence-corrected chi connectivity index (χ0v) is 17.0. The van der Waals surface area contributed by atoms with Crippen LogP contribution in [0, 0.1) is 6.92 Å². The molecule has 0 saturated heterocycles. The molecule has 1 amide bonds. The zero-order chi connectivity index (χ0) is 20.4. The monoisotopic (exact) mass is 407 g/mol. The lowest BCUT2D eigenvalue weighted by atomic mass is 10.1. The molecule has 4 rings (SSSR count). The van der Waals surface area contributed by atoms with Crippen LogP contribution in [0.25, 0.3) is 22.4 Å². The number of rotatable bonds is 6. The van der Waals surface area contributed by atoms with Crippen LogP contribution in [0.1, 0.15) is 23.5 Å². The minimum atomic E-state index is -0.651. The standard InChI is InChI=1S/C22H21N3O3S/c1-14(25-19-5-3-4-6-20(19)28-22(25)27)21(26)23-12-11-16-7-9-17(10-8-16)18-13-29-15(2)24-18/h3-10,13-14H,11-12H2,1-2H3,(H,23,26)/t14-/m0/s1. The van der Waals surface area contributed by atoms with Crippen LogP contribution in [0.3, 0.4) is 0 Å². The average molecular weight is 407 g/mol. The SMILES string of the molecule is Cc1nc(-c2ccc(CCNC(=O)[C@H](C)n3c(=O)oc4ccccc43)cc2)cs1. The van der Waals surface area contributed by atoms with Gasteiger partial charge in [-0.1, -0.05) is 36.4 Å². The molecule has 0 saturated carbocycles. The number of benzene rings is 2. The first-order valence-corrected chi connectivity index (χ1v) is 10.3. The van der Waals surface area contributed by atoms with Gasteiger partial charge in [0, 0.05) is 17.5 Å². The van der Waals surface area contributed by atoms with Gasteiger partial charge in [-0.25, -0.2) is 9.78 Å². The lowest BCUT2D eigenvalue weighted by molar-refractivity contribution is -0.123. The van der Waals surface area contributed by atoms with Crippen LogP contribution in [0.2, 0.25) is 0 Å². The summed E-state index contributed by atoms with van der Waals surface area (Å²) in [5.74, 6) is -0.741. The number of aryl methyl sites for hydroxylation is 1. The molecule has 7 heteroatoms. The Morgan fingerprint density at radius 2 is 1.97 bits per heavy atom. The summed E-state index contributed by atoms with van der Waals surface area (Å²) in [4.78, 5) is 29.2. The van der Waals surface area contributed by atoms with E-state index in [0.29, 0.717) is 24.1 Å². The van der Waals surface area contributed by atoms with Gasteiger partial charge in [-0.2, -0.15) is 0 Å². The Morgan fingerprint density at radius 3 is 2.69 bits per heavy atom. The highest BCUT2D eigenvalue weighted by Crippen LogP contribution is 2.22. The first kappa shape index (κ1) is 19.1. The molecular weight excluding hydrogens is 386 g/mol. The van der Waals surface area contributed by atoms with E-state index in [-0.39, 0.29) is 5.91 Å². The molecule has 0 aliphatic rings. The Labute approximate surface area is 171 Å². The minimum absolute atomic E-state index is 0.215. The van der Waals surface area contributed by atoms with Gasteiger partial charge < -0.3 is 9.73 Å². The molecule has 2 aromatic heterocycles. The van der Waals surface area contributed by atoms with Crippen molar-refractivity contribution in [2.75, 3.05) is 6.54 Å². The summed E-state index contributed by atoms with van der Waals surface area (Å²) in [5.41, 5.74) is 4.29. The zero-order valence-electron chi connectivity index (χ0n) is 16.2. The third-order valence-corrected chi connectivity index (χ3v) is 5.64. The molecule has 4 aromatic rings. The van der Waals surface area contributed by atoms with Crippen LogP contribution in [-0.4, -0.2) is 22.0 Å². The van der Waals surface area contributed by atoms with E-state index in [0.717, 1.165) is 21.8 Å². The summed E-state index contributed by atoms with van der Waals surface area (Å²) < 4.78 is 6.60. The number of para-hydroxylation sites is 2. The number of carbonyl (C=O) groups excluding carboxylic acids is 1. The second kappa shape index (κ2) is 8.05. The van der Waals surface area contributed by atoms with Gasteiger partial charge in [0.15, 0.2) is 5.58 Å². The number of nitrogens with one attached hydrogen (secondary N) is 1. The molecule has 0 unspecified atom stereocenters. The highest BCUT2D eigenvalue weighted by molar-refractivity contribution is 7.09. The lowest BCUT2D eigenvalue weighted by Crippen LogP contribution is -2.35. The van der Waals surface area contributed by atoms with Crippen molar-refractivity contribution in [3.63, 3.8) is 0 Å². The van der Waals surface area contributed by atoms with Gasteiger partial charge in [-0.05, 0) is 38.0 Å². The largest absolute Gasteiger partial charge is 0.420 e. The number of oxazole rings is 1. The fourth-order valence-electron chi connectivity index (χ4n) is 3.28. The van der Waals surface area contributed by atoms with Gasteiger partial charge in [-0.15, -0.1) is 11.3 Å². The predicted molar refractivity (Wildman–Crippen MR) is 114 cm³/mol. The number of aromatic nitrogens is 2. The molecule has 0 fully saturated rings. The number of amides is 1. The second-order valence-electron chi connectivity index (χ2n) is 6.87. The van der Waals surface area contributed by atoms with Crippen molar-refractivity contribution in [1.29, 1.82) is 0 Å². The van der Waals surface area contributed by atoms with Gasteiger partial charge in [0.1, 0.15) is 6.04 Å². The van der Waals surface area contributed by atoms with Crippen LogP contribution in [0.15, 0.2) is 63.1 Å². The minimum Gasteiger partial charge on any atom is -0.408 e. The van der Waals surface area contributed by atoms with Gasteiger partial charge in [0.05, 0.1) is 16.2 Å². The quantitative estimate of drug-likeness (QED) is 0.525. The van der Waals surface area contributed by atoms with Crippen molar-refractivity contribution in [1.82, 2.24) is 14.9 Å². The van der Waals surface area contributed by atoms with Crippen molar-refractivity contribution in [2.45, 2.75) is 26.3 Å². The predicted octanol–water partition coefficient (Wildman–Crippen LogP) is 3.95. The Bertz CT molecular complexity index is 1200. The molecule has 0 aliphatic heterocycles. The number of carbonyl (C=O) groups is 1. The smallest absolute Gasteiger partial charge is 0.408 e. The molecule has 0 bridgehead atoms. The van der Waals surface area contributed by atoms with Crippen molar-refractivity contribution in [3.05, 3.63) is 75.0 Å². The van der Waals surface area contributed by atoms with Crippen molar-refractivity contribution in [2.24, 2.45) is 0 Å². The maximum Gasteiger partial charge on any atom is 0.420 e. The van der Waals surface area contributed by atoms with Crippen molar-refractivity contribution in [3.8, 4) is 11.3 Å². The Hall–Kier alpha value is -3.19. The number of hydrogen-bond donors (Lipinski definition) is 1. The number of nitrogens with zero attached hydrogens (tertiary/aromatic N) is 2. The van der Waals surface area contributed by atoms with Crippen LogP contribution in [0.4, 0.5) is 0 Å². The van der Waals surface area contributed by atoms with E-state index in [2.05, 4.69) is 10.3 Å². The summed E-state index contributed by atoms with van der Waals surface area (Å²) in [7, 11) is 0. The third kappa shape index (κ3) is 4.00. The highest BCUT2D eigenvalue weighted by atomic mass is 32.1. The molecule has 2 aromatic carbocycles. The van der Waals surface area contributed by atoms with E-state index in [9.17, 15) is 9.59 Å².